The van der Waals surface area contributed by atoms with E-state index in [2.05, 4.69) is 0 Å². The number of halogens is 2. The molecule has 0 aliphatic carbocycles. The van der Waals surface area contributed by atoms with Gasteiger partial charge in [0.15, 0.2) is 6.23 Å². The van der Waals surface area contributed by atoms with Gasteiger partial charge in [-0.3, -0.25) is 14.3 Å². The molecule has 1 aromatic rings. The summed E-state index contributed by atoms with van der Waals surface area (Å²) in [5, 5.41) is 21.1. The second-order valence-electron chi connectivity index (χ2n) is 4.42. The van der Waals surface area contributed by atoms with Crippen molar-refractivity contribution in [1.29, 1.82) is 0 Å². The first-order chi connectivity index (χ1) is 10.5. The predicted molar refractivity (Wildman–Crippen MR) is 70.5 cm³/mol. The topological polar surface area (TPSA) is 105 Å². The maximum absolute atomic E-state index is 15.1. The van der Waals surface area contributed by atoms with E-state index in [9.17, 15) is 19.8 Å². The molecular formula is C12H12ClFN2O5. The SMILES string of the molecule is [2H]C([2H])(O)[C@H]1O[C@@H](n2c(C)cc(=O)[nH]c2=O)C(F)(C#CCl)[C@H]1O. The highest BCUT2D eigenvalue weighted by Gasteiger charge is 2.58. The largest absolute Gasteiger partial charge is 0.394 e. The molecular weight excluding hydrogens is 307 g/mol. The number of hydrogen-bond donors (Lipinski definition) is 3. The molecule has 1 fully saturated rings. The van der Waals surface area contributed by atoms with Crippen molar-refractivity contribution < 1.29 is 22.1 Å². The minimum atomic E-state index is -3.11. The van der Waals surface area contributed by atoms with Crippen molar-refractivity contribution in [3.63, 3.8) is 0 Å². The van der Waals surface area contributed by atoms with Crippen LogP contribution in [0.1, 0.15) is 14.7 Å². The number of hydrogen-bond acceptors (Lipinski definition) is 5. The van der Waals surface area contributed by atoms with E-state index in [4.69, 9.17) is 19.1 Å². The van der Waals surface area contributed by atoms with Gasteiger partial charge in [-0.15, -0.1) is 0 Å². The highest BCUT2D eigenvalue weighted by molar-refractivity contribution is 6.30. The van der Waals surface area contributed by atoms with Crippen molar-refractivity contribution in [2.75, 3.05) is 6.56 Å². The van der Waals surface area contributed by atoms with E-state index < -0.39 is 41.9 Å². The molecule has 4 atom stereocenters. The number of ether oxygens (including phenoxy) is 1. The zero-order valence-corrected chi connectivity index (χ0v) is 11.4. The Balaban J connectivity index is 2.67. The van der Waals surface area contributed by atoms with Gasteiger partial charge in [0, 0.05) is 17.1 Å². The molecule has 0 saturated carbocycles. The molecule has 0 radical (unpaired) electrons. The number of rotatable bonds is 2. The Kier molecular flexibility index (Phi) is 3.48. The maximum atomic E-state index is 15.1. The van der Waals surface area contributed by atoms with Crippen molar-refractivity contribution in [3.05, 3.63) is 32.6 Å². The molecule has 0 spiro atoms. The first kappa shape index (κ1) is 13.0. The lowest BCUT2D eigenvalue weighted by Gasteiger charge is -2.25. The first-order valence-electron chi connectivity index (χ1n) is 6.72. The summed E-state index contributed by atoms with van der Waals surface area (Å²) in [4.78, 5) is 25.1. The number of alkyl halides is 1. The summed E-state index contributed by atoms with van der Waals surface area (Å²) in [7, 11) is 0. The van der Waals surface area contributed by atoms with Crippen molar-refractivity contribution in [2.24, 2.45) is 0 Å². The van der Waals surface area contributed by atoms with Crippen molar-refractivity contribution in [2.45, 2.75) is 31.0 Å². The van der Waals surface area contributed by atoms with Gasteiger partial charge in [-0.2, -0.15) is 0 Å². The Morgan fingerprint density at radius 2 is 2.38 bits per heavy atom. The van der Waals surface area contributed by atoms with Crippen LogP contribution in [-0.2, 0) is 4.74 Å². The molecule has 0 bridgehead atoms. The Morgan fingerprint density at radius 1 is 1.71 bits per heavy atom. The summed E-state index contributed by atoms with van der Waals surface area (Å²) in [6.07, 6.45) is -6.20. The number of aliphatic hydroxyl groups is 2. The molecule has 0 amide bonds. The fourth-order valence-electron chi connectivity index (χ4n) is 2.15. The van der Waals surface area contributed by atoms with Crippen LogP contribution in [0.3, 0.4) is 0 Å². The molecule has 2 heterocycles. The molecule has 1 aromatic heterocycles. The number of aromatic nitrogens is 2. The second-order valence-corrected chi connectivity index (χ2v) is 4.61. The molecule has 1 aliphatic rings. The van der Waals surface area contributed by atoms with Gasteiger partial charge in [0.2, 0.25) is 5.67 Å². The van der Waals surface area contributed by atoms with Gasteiger partial charge in [0.1, 0.15) is 12.2 Å². The van der Waals surface area contributed by atoms with Gasteiger partial charge in [-0.25, -0.2) is 9.18 Å². The number of aromatic amines is 1. The molecule has 2 rings (SSSR count). The third-order valence-corrected chi connectivity index (χ3v) is 3.22. The van der Waals surface area contributed by atoms with Crippen LogP contribution in [0, 0.1) is 18.2 Å². The molecule has 1 aliphatic heterocycles. The summed E-state index contributed by atoms with van der Waals surface area (Å²) in [5.41, 5.74) is -4.79. The highest BCUT2D eigenvalue weighted by atomic mass is 35.5. The molecule has 3 N–H and O–H groups in total. The van der Waals surface area contributed by atoms with Crippen LogP contribution >= 0.6 is 11.6 Å². The van der Waals surface area contributed by atoms with Crippen LogP contribution in [0.15, 0.2) is 15.7 Å². The number of nitrogens with zero attached hydrogens (tertiary/aromatic N) is 1. The normalized spacial score (nSPS) is 33.9. The summed E-state index contributed by atoms with van der Waals surface area (Å²) in [5.74, 6) is 1.83. The fraction of sp³-hybridized carbons (Fsp3) is 0.500. The lowest BCUT2D eigenvalue weighted by molar-refractivity contribution is -0.0552. The van der Waals surface area contributed by atoms with Crippen molar-refractivity contribution >= 4 is 11.6 Å². The zero-order chi connectivity index (χ0) is 17.6. The van der Waals surface area contributed by atoms with Crippen LogP contribution in [0.5, 0.6) is 0 Å². The van der Waals surface area contributed by atoms with E-state index in [0.717, 1.165) is 6.07 Å². The smallest absolute Gasteiger partial charge is 0.330 e. The third-order valence-electron chi connectivity index (χ3n) is 3.12. The summed E-state index contributed by atoms with van der Waals surface area (Å²) >= 11 is 5.19. The van der Waals surface area contributed by atoms with Gasteiger partial charge in [-0.1, -0.05) is 0 Å². The molecule has 114 valence electrons. The van der Waals surface area contributed by atoms with Crippen molar-refractivity contribution in [3.8, 4) is 11.3 Å². The molecule has 0 aromatic carbocycles. The number of aliphatic hydroxyl groups excluding tert-OH is 1. The summed E-state index contributed by atoms with van der Waals surface area (Å²) < 4.78 is 35.2. The predicted octanol–water partition coefficient (Wildman–Crippen LogP) is -0.996. The van der Waals surface area contributed by atoms with Gasteiger partial charge in [0.05, 0.1) is 9.30 Å². The average Bonchev–Trinajstić information content (AvgIpc) is 2.63. The summed E-state index contributed by atoms with van der Waals surface area (Å²) in [6.45, 7) is -1.80. The quantitative estimate of drug-likeness (QED) is 0.607. The van der Waals surface area contributed by atoms with E-state index in [1.807, 2.05) is 10.9 Å². The van der Waals surface area contributed by atoms with E-state index in [1.165, 1.54) is 6.92 Å². The maximum Gasteiger partial charge on any atom is 0.330 e. The molecule has 7 nitrogen and oxygen atoms in total. The van der Waals surface area contributed by atoms with Gasteiger partial charge >= 0.3 is 5.69 Å². The zero-order valence-electron chi connectivity index (χ0n) is 12.6. The van der Waals surface area contributed by atoms with Gasteiger partial charge < -0.3 is 14.9 Å². The lowest BCUT2D eigenvalue weighted by Crippen LogP contribution is -2.45. The van der Waals surface area contributed by atoms with Crippen molar-refractivity contribution in [1.82, 2.24) is 9.55 Å². The summed E-state index contributed by atoms with van der Waals surface area (Å²) in [6, 6.07) is 0.979. The van der Waals surface area contributed by atoms with E-state index in [0.29, 0.717) is 4.57 Å². The highest BCUT2D eigenvalue weighted by Crippen LogP contribution is 2.41. The number of H-pyrrole nitrogens is 1. The monoisotopic (exact) mass is 320 g/mol. The standard InChI is InChI=1S/C12H12ClFN2O5/c1-6-4-8(18)15-11(20)16(6)10-12(14,2-3-13)9(19)7(5-17)21-10/h4,7,9-10,17,19H,5H2,1H3,(H,15,18,20)/t7-,9+,10-,12?/m1/s1/i5D2. The fourth-order valence-corrected chi connectivity index (χ4v) is 2.29. The molecule has 9 heteroatoms. The van der Waals surface area contributed by atoms with E-state index in [-0.39, 0.29) is 5.69 Å². The minimum Gasteiger partial charge on any atom is -0.394 e. The van der Waals surface area contributed by atoms with Gasteiger partial charge in [-0.05, 0) is 24.4 Å². The van der Waals surface area contributed by atoms with Crippen LogP contribution in [0.2, 0.25) is 0 Å². The second kappa shape index (κ2) is 5.61. The number of aryl methyl sites for hydroxylation is 1. The molecule has 21 heavy (non-hydrogen) atoms. The third kappa shape index (κ3) is 2.49. The Morgan fingerprint density at radius 3 is 2.90 bits per heavy atom. The molecule has 1 saturated heterocycles. The lowest BCUT2D eigenvalue weighted by atomic mass is 9.97. The average molecular weight is 321 g/mol. The molecule has 1 unspecified atom stereocenters. The van der Waals surface area contributed by atoms with Crippen LogP contribution in [0.25, 0.3) is 0 Å². The van der Waals surface area contributed by atoms with E-state index >= 15 is 4.39 Å². The van der Waals surface area contributed by atoms with Crippen LogP contribution in [-0.4, -0.2) is 44.2 Å². The Labute approximate surface area is 125 Å². The van der Waals surface area contributed by atoms with Crippen LogP contribution in [0.4, 0.5) is 4.39 Å². The van der Waals surface area contributed by atoms with E-state index in [1.54, 1.807) is 5.38 Å². The van der Waals surface area contributed by atoms with Gasteiger partial charge in [0.25, 0.3) is 5.56 Å². The number of nitrogens with one attached hydrogen (secondary N) is 1. The Bertz CT molecular complexity index is 796. The Hall–Kier alpha value is -1.66. The first-order valence-corrected chi connectivity index (χ1v) is 6.10. The van der Waals surface area contributed by atoms with Crippen LogP contribution < -0.4 is 11.2 Å². The minimum absolute atomic E-state index is 0.0199.